The Kier molecular flexibility index (Phi) is 2.58. The van der Waals surface area contributed by atoms with Gasteiger partial charge >= 0.3 is 6.03 Å². The monoisotopic (exact) mass is 173 g/mol. The normalized spacial score (nSPS) is 22.8. The van der Waals surface area contributed by atoms with Gasteiger partial charge in [0.2, 0.25) is 0 Å². The van der Waals surface area contributed by atoms with E-state index in [-0.39, 0.29) is 0 Å². The van der Waals surface area contributed by atoms with Crippen LogP contribution in [0.3, 0.4) is 0 Å². The molecule has 1 unspecified atom stereocenters. The van der Waals surface area contributed by atoms with Crippen LogP contribution in [0, 0.1) is 0 Å². The molecule has 0 aromatic rings. The molecule has 1 aliphatic heterocycles. The Balaban J connectivity index is 2.51. The number of amides is 3. The predicted molar refractivity (Wildman–Crippen MR) is 40.4 cm³/mol. The molecule has 1 fully saturated rings. The van der Waals surface area contributed by atoms with Crippen molar-refractivity contribution in [1.29, 1.82) is 0 Å². The number of nitrogens with one attached hydrogen (secondary N) is 2. The van der Waals surface area contributed by atoms with Crippen LogP contribution in [-0.4, -0.2) is 36.2 Å². The van der Waals surface area contributed by atoms with Crippen molar-refractivity contribution in [2.75, 3.05) is 13.1 Å². The topological polar surface area (TPSA) is 113 Å². The Hall–Kier alpha value is -1.18. The first-order chi connectivity index (χ1) is 5.65. The number of imide groups is 1. The quantitative estimate of drug-likeness (QED) is 0.210. The zero-order valence-electron chi connectivity index (χ0n) is 6.41. The van der Waals surface area contributed by atoms with E-state index in [4.69, 9.17) is 11.6 Å². The third kappa shape index (κ3) is 1.70. The Labute approximate surface area is 69.0 Å². The summed E-state index contributed by atoms with van der Waals surface area (Å²) in [6, 6.07) is -0.530. The second-order valence-electron chi connectivity index (χ2n) is 2.39. The van der Waals surface area contributed by atoms with Crippen molar-refractivity contribution in [2.45, 2.75) is 6.17 Å². The summed E-state index contributed by atoms with van der Waals surface area (Å²) < 4.78 is 0. The molecule has 0 aromatic carbocycles. The lowest BCUT2D eigenvalue weighted by molar-refractivity contribution is -0.124. The van der Waals surface area contributed by atoms with Gasteiger partial charge in [0.1, 0.15) is 0 Å². The molecule has 0 bridgehead atoms. The van der Waals surface area contributed by atoms with Crippen molar-refractivity contribution in [3.05, 3.63) is 0 Å². The van der Waals surface area contributed by atoms with Crippen molar-refractivity contribution in [3.8, 4) is 0 Å². The van der Waals surface area contributed by atoms with Gasteiger partial charge in [-0.2, -0.15) is 0 Å². The minimum atomic E-state index is -0.791. The first-order valence-corrected chi connectivity index (χ1v) is 3.48. The van der Waals surface area contributed by atoms with Gasteiger partial charge < -0.3 is 11.1 Å². The van der Waals surface area contributed by atoms with Crippen molar-refractivity contribution < 1.29 is 9.59 Å². The summed E-state index contributed by atoms with van der Waals surface area (Å²) in [7, 11) is 0. The van der Waals surface area contributed by atoms with Gasteiger partial charge in [0.05, 0.1) is 0 Å². The van der Waals surface area contributed by atoms with Gasteiger partial charge in [-0.1, -0.05) is 0 Å². The molecular formula is C5H11N5O2. The summed E-state index contributed by atoms with van der Waals surface area (Å²) in [6.07, 6.45) is -0.791. The van der Waals surface area contributed by atoms with E-state index in [9.17, 15) is 9.59 Å². The molecule has 0 aliphatic carbocycles. The molecule has 12 heavy (non-hydrogen) atoms. The molecule has 1 atom stereocenters. The second-order valence-corrected chi connectivity index (χ2v) is 2.39. The smallest absolute Gasteiger partial charge is 0.323 e. The van der Waals surface area contributed by atoms with Crippen LogP contribution in [0.2, 0.25) is 0 Å². The number of carbonyl (C=O) groups is 2. The van der Waals surface area contributed by atoms with Crippen LogP contribution in [0.1, 0.15) is 0 Å². The minimum absolute atomic E-state index is 0.330. The Morgan fingerprint density at radius 2 is 2.17 bits per heavy atom. The van der Waals surface area contributed by atoms with Crippen LogP contribution in [0.4, 0.5) is 4.79 Å². The van der Waals surface area contributed by atoms with Gasteiger partial charge in [-0.15, -0.1) is 0 Å². The Morgan fingerprint density at radius 1 is 1.50 bits per heavy atom. The van der Waals surface area contributed by atoms with E-state index >= 15 is 0 Å². The van der Waals surface area contributed by atoms with Crippen molar-refractivity contribution >= 4 is 11.9 Å². The highest BCUT2D eigenvalue weighted by Crippen LogP contribution is 1.94. The van der Waals surface area contributed by atoms with E-state index < -0.39 is 18.1 Å². The number of nitrogens with zero attached hydrogens (tertiary/aromatic N) is 1. The van der Waals surface area contributed by atoms with Crippen LogP contribution in [0.25, 0.3) is 0 Å². The van der Waals surface area contributed by atoms with E-state index in [0.717, 1.165) is 0 Å². The number of rotatable bonds is 3. The third-order valence-electron chi connectivity index (χ3n) is 1.47. The van der Waals surface area contributed by atoms with Crippen LogP contribution in [-0.2, 0) is 4.79 Å². The maximum absolute atomic E-state index is 10.9. The highest BCUT2D eigenvalue weighted by molar-refractivity contribution is 6.03. The molecule has 6 N–H and O–H groups in total. The van der Waals surface area contributed by atoms with Gasteiger partial charge in [-0.25, -0.2) is 9.80 Å². The van der Waals surface area contributed by atoms with E-state index in [1.54, 1.807) is 0 Å². The van der Waals surface area contributed by atoms with Crippen LogP contribution in [0.15, 0.2) is 0 Å². The zero-order valence-corrected chi connectivity index (χ0v) is 6.41. The van der Waals surface area contributed by atoms with Crippen molar-refractivity contribution in [1.82, 2.24) is 15.6 Å². The SMILES string of the molecule is NCCN(N)C1NC(=O)NC1=O. The van der Waals surface area contributed by atoms with Crippen molar-refractivity contribution in [2.24, 2.45) is 11.6 Å². The molecule has 68 valence electrons. The summed E-state index contributed by atoms with van der Waals surface area (Å²) in [6.45, 7) is 0.675. The van der Waals surface area contributed by atoms with Gasteiger partial charge in [0, 0.05) is 13.1 Å². The van der Waals surface area contributed by atoms with Crippen LogP contribution >= 0.6 is 0 Å². The summed E-state index contributed by atoms with van der Waals surface area (Å²) in [4.78, 5) is 21.6. The number of hydrogen-bond acceptors (Lipinski definition) is 5. The summed E-state index contributed by atoms with van der Waals surface area (Å²) >= 11 is 0. The third-order valence-corrected chi connectivity index (χ3v) is 1.47. The maximum atomic E-state index is 10.9. The van der Waals surface area contributed by atoms with Crippen LogP contribution in [0.5, 0.6) is 0 Å². The minimum Gasteiger partial charge on any atom is -0.329 e. The van der Waals surface area contributed by atoms with Gasteiger partial charge in [-0.3, -0.25) is 16.0 Å². The highest BCUT2D eigenvalue weighted by atomic mass is 16.2. The van der Waals surface area contributed by atoms with Gasteiger partial charge in [-0.05, 0) is 0 Å². The molecule has 1 aliphatic rings. The van der Waals surface area contributed by atoms with E-state index in [2.05, 4.69) is 10.6 Å². The van der Waals surface area contributed by atoms with Crippen LogP contribution < -0.4 is 22.2 Å². The van der Waals surface area contributed by atoms with Gasteiger partial charge in [0.15, 0.2) is 6.17 Å². The lowest BCUT2D eigenvalue weighted by Gasteiger charge is -2.19. The molecule has 3 amide bonds. The molecule has 1 heterocycles. The fraction of sp³-hybridized carbons (Fsp3) is 0.600. The highest BCUT2D eigenvalue weighted by Gasteiger charge is 2.32. The molecule has 0 saturated carbocycles. The molecule has 7 nitrogen and oxygen atoms in total. The molecule has 0 aromatic heterocycles. The fourth-order valence-corrected chi connectivity index (χ4v) is 0.918. The maximum Gasteiger partial charge on any atom is 0.323 e. The Morgan fingerprint density at radius 3 is 2.58 bits per heavy atom. The molecular weight excluding hydrogens is 162 g/mol. The summed E-state index contributed by atoms with van der Waals surface area (Å²) in [5.74, 6) is 4.97. The Bertz CT molecular complexity index is 206. The van der Waals surface area contributed by atoms with Gasteiger partial charge in [0.25, 0.3) is 5.91 Å². The number of urea groups is 1. The van der Waals surface area contributed by atoms with Crippen molar-refractivity contribution in [3.63, 3.8) is 0 Å². The number of nitrogens with two attached hydrogens (primary N) is 2. The summed E-state index contributed by atoms with van der Waals surface area (Å²) in [5.41, 5.74) is 5.21. The fourth-order valence-electron chi connectivity index (χ4n) is 0.918. The largest absolute Gasteiger partial charge is 0.329 e. The molecule has 0 spiro atoms. The first-order valence-electron chi connectivity index (χ1n) is 3.48. The average molecular weight is 173 g/mol. The number of hydrogen-bond donors (Lipinski definition) is 4. The number of hydrazine groups is 1. The first kappa shape index (κ1) is 8.91. The molecule has 1 saturated heterocycles. The zero-order chi connectivity index (χ0) is 9.14. The standard InChI is InChI=1S/C5H11N5O2/c6-1-2-10(7)3-4(11)9-5(12)8-3/h3H,1-2,6-7H2,(H2,8,9,11,12). The summed E-state index contributed by atoms with van der Waals surface area (Å²) in [5, 5.41) is 5.57. The van der Waals surface area contributed by atoms with E-state index in [1.165, 1.54) is 5.01 Å². The second kappa shape index (κ2) is 3.48. The molecule has 0 radical (unpaired) electrons. The lowest BCUT2D eigenvalue weighted by Crippen LogP contribution is -2.52. The predicted octanol–water partition coefficient (Wildman–Crippen LogP) is -2.71. The number of carbonyl (C=O) groups excluding carboxylic acids is 2. The molecule has 7 heteroatoms. The lowest BCUT2D eigenvalue weighted by atomic mass is 10.4. The molecule has 1 rings (SSSR count). The van der Waals surface area contributed by atoms with E-state index in [1.807, 2.05) is 0 Å². The average Bonchev–Trinajstić information content (AvgIpc) is 2.30. The van der Waals surface area contributed by atoms with E-state index in [0.29, 0.717) is 13.1 Å².